The summed E-state index contributed by atoms with van der Waals surface area (Å²) in [7, 11) is 0. The number of hydrogen-bond acceptors (Lipinski definition) is 1. The van der Waals surface area contributed by atoms with Crippen LogP contribution in [0, 0.1) is 5.92 Å². The van der Waals surface area contributed by atoms with Crippen molar-refractivity contribution in [1.82, 2.24) is 0 Å². The third-order valence-corrected chi connectivity index (χ3v) is 1.15. The summed E-state index contributed by atoms with van der Waals surface area (Å²) in [4.78, 5) is 0.809. The van der Waals surface area contributed by atoms with Gasteiger partial charge in [0.1, 0.15) is 0 Å². The normalized spacial score (nSPS) is 10.6. The van der Waals surface area contributed by atoms with Crippen molar-refractivity contribution in [3.05, 3.63) is 24.8 Å². The highest BCUT2D eigenvalue weighted by Gasteiger charge is 1.83. The lowest BCUT2D eigenvalue weighted by molar-refractivity contribution is 0.833. The zero-order valence-electron chi connectivity index (χ0n) is 5.92. The molecule has 0 atom stereocenters. The Morgan fingerprint density at radius 1 is 1.56 bits per heavy atom. The molecule has 0 aliphatic heterocycles. The Balaban J connectivity index is 3.70. The van der Waals surface area contributed by atoms with Gasteiger partial charge in [0.15, 0.2) is 0 Å². The molecule has 0 bridgehead atoms. The molecule has 0 spiro atoms. The van der Waals surface area contributed by atoms with Gasteiger partial charge in [0.25, 0.3) is 0 Å². The first-order chi connectivity index (χ1) is 4.16. The SMILES string of the molecule is C=CC(=S)/C=C\C(C)C. The summed E-state index contributed by atoms with van der Waals surface area (Å²) in [5.41, 5.74) is 0. The summed E-state index contributed by atoms with van der Waals surface area (Å²) < 4.78 is 0. The Kier molecular flexibility index (Phi) is 4.24. The zero-order chi connectivity index (χ0) is 7.28. The number of allylic oxidation sites excluding steroid dienone is 3. The number of thiocarbonyl (C=S) groups is 1. The van der Waals surface area contributed by atoms with Gasteiger partial charge in [-0.15, -0.1) is 0 Å². The lowest BCUT2D eigenvalue weighted by Crippen LogP contribution is -1.82. The van der Waals surface area contributed by atoms with Gasteiger partial charge in [-0.25, -0.2) is 0 Å². The fourth-order valence-electron chi connectivity index (χ4n) is 0.355. The molecule has 0 amide bonds. The first-order valence-electron chi connectivity index (χ1n) is 3.01. The fraction of sp³-hybridized carbons (Fsp3) is 0.375. The van der Waals surface area contributed by atoms with Crippen LogP contribution in [0.25, 0.3) is 0 Å². The van der Waals surface area contributed by atoms with Crippen LogP contribution in [0.2, 0.25) is 0 Å². The molecule has 0 radical (unpaired) electrons. The van der Waals surface area contributed by atoms with E-state index < -0.39 is 0 Å². The minimum absolute atomic E-state index is 0.572. The van der Waals surface area contributed by atoms with E-state index in [-0.39, 0.29) is 0 Å². The smallest absolute Gasteiger partial charge is 0.0368 e. The van der Waals surface area contributed by atoms with E-state index in [0.717, 1.165) is 4.86 Å². The highest BCUT2D eigenvalue weighted by atomic mass is 32.1. The second kappa shape index (κ2) is 4.45. The summed E-state index contributed by atoms with van der Waals surface area (Å²) in [5, 5.41) is 0. The maximum absolute atomic E-state index is 4.87. The van der Waals surface area contributed by atoms with Gasteiger partial charge in [-0.1, -0.05) is 44.8 Å². The highest BCUT2D eigenvalue weighted by Crippen LogP contribution is 1.94. The van der Waals surface area contributed by atoms with Crippen LogP contribution in [-0.2, 0) is 0 Å². The van der Waals surface area contributed by atoms with Gasteiger partial charge in [0.2, 0.25) is 0 Å². The molecule has 0 saturated heterocycles. The minimum atomic E-state index is 0.572. The molecule has 0 heterocycles. The molecule has 0 aromatic carbocycles. The summed E-state index contributed by atoms with van der Waals surface area (Å²) in [6.07, 6.45) is 5.64. The first kappa shape index (κ1) is 8.57. The maximum Gasteiger partial charge on any atom is 0.0368 e. The highest BCUT2D eigenvalue weighted by molar-refractivity contribution is 7.81. The molecule has 0 saturated carbocycles. The molecule has 0 N–H and O–H groups in total. The molecule has 0 nitrogen and oxygen atoms in total. The number of rotatable bonds is 3. The van der Waals surface area contributed by atoms with Gasteiger partial charge in [-0.2, -0.15) is 0 Å². The second-order valence-corrected chi connectivity index (χ2v) is 2.68. The van der Waals surface area contributed by atoms with E-state index in [4.69, 9.17) is 12.2 Å². The van der Waals surface area contributed by atoms with Crippen molar-refractivity contribution < 1.29 is 0 Å². The van der Waals surface area contributed by atoms with Crippen molar-refractivity contribution in [3.8, 4) is 0 Å². The van der Waals surface area contributed by atoms with E-state index in [9.17, 15) is 0 Å². The molecule has 0 rings (SSSR count). The van der Waals surface area contributed by atoms with Crippen LogP contribution in [0.3, 0.4) is 0 Å². The van der Waals surface area contributed by atoms with Gasteiger partial charge in [0.05, 0.1) is 0 Å². The molecule has 0 aromatic heterocycles. The van der Waals surface area contributed by atoms with E-state index in [0.29, 0.717) is 5.92 Å². The van der Waals surface area contributed by atoms with Crippen LogP contribution in [0.4, 0.5) is 0 Å². The lowest BCUT2D eigenvalue weighted by Gasteiger charge is -1.90. The number of hydrogen-bond donors (Lipinski definition) is 0. The standard InChI is InChI=1S/C8H12S/c1-4-8(9)6-5-7(2)3/h4-7H,1H2,2-3H3/b6-5-. The zero-order valence-corrected chi connectivity index (χ0v) is 6.74. The molecule has 0 aromatic rings. The van der Waals surface area contributed by atoms with Gasteiger partial charge in [0, 0.05) is 4.86 Å². The van der Waals surface area contributed by atoms with E-state index in [1.807, 2.05) is 6.08 Å². The Bertz CT molecular complexity index is 132. The average Bonchev–Trinajstić information content (AvgIpc) is 1.83. The van der Waals surface area contributed by atoms with Crippen LogP contribution in [0.5, 0.6) is 0 Å². The van der Waals surface area contributed by atoms with Gasteiger partial charge in [-0.05, 0) is 12.0 Å². The van der Waals surface area contributed by atoms with Crippen molar-refractivity contribution in [2.75, 3.05) is 0 Å². The monoisotopic (exact) mass is 140 g/mol. The van der Waals surface area contributed by atoms with Crippen molar-refractivity contribution in [2.45, 2.75) is 13.8 Å². The van der Waals surface area contributed by atoms with Crippen molar-refractivity contribution in [1.29, 1.82) is 0 Å². The topological polar surface area (TPSA) is 0 Å². The predicted molar refractivity (Wildman–Crippen MR) is 46.8 cm³/mol. The van der Waals surface area contributed by atoms with E-state index in [1.54, 1.807) is 6.08 Å². The summed E-state index contributed by atoms with van der Waals surface area (Å²) in [6, 6.07) is 0. The van der Waals surface area contributed by atoms with Crippen molar-refractivity contribution >= 4 is 17.1 Å². The van der Waals surface area contributed by atoms with Gasteiger partial charge >= 0.3 is 0 Å². The molecular formula is C8H12S. The third-order valence-electron chi connectivity index (χ3n) is 0.847. The van der Waals surface area contributed by atoms with Crippen molar-refractivity contribution in [3.63, 3.8) is 0 Å². The minimum Gasteiger partial charge on any atom is -0.0976 e. The Labute approximate surface area is 62.3 Å². The second-order valence-electron chi connectivity index (χ2n) is 2.21. The fourth-order valence-corrected chi connectivity index (χ4v) is 0.434. The molecular weight excluding hydrogens is 128 g/mol. The Morgan fingerprint density at radius 3 is 2.44 bits per heavy atom. The molecule has 1 heteroatoms. The third kappa shape index (κ3) is 5.44. The Morgan fingerprint density at radius 2 is 2.11 bits per heavy atom. The van der Waals surface area contributed by atoms with E-state index in [2.05, 4.69) is 26.5 Å². The van der Waals surface area contributed by atoms with Crippen LogP contribution in [0.1, 0.15) is 13.8 Å². The summed E-state index contributed by atoms with van der Waals surface area (Å²) in [6.45, 7) is 7.77. The summed E-state index contributed by atoms with van der Waals surface area (Å²) in [5.74, 6) is 0.572. The predicted octanol–water partition coefficient (Wildman–Crippen LogP) is 2.75. The molecule has 0 fully saturated rings. The van der Waals surface area contributed by atoms with Crippen LogP contribution in [-0.4, -0.2) is 4.86 Å². The maximum atomic E-state index is 4.87. The molecule has 0 aliphatic rings. The Hall–Kier alpha value is -0.430. The average molecular weight is 140 g/mol. The molecule has 9 heavy (non-hydrogen) atoms. The first-order valence-corrected chi connectivity index (χ1v) is 3.42. The molecule has 0 unspecified atom stereocenters. The largest absolute Gasteiger partial charge is 0.0976 e. The summed E-state index contributed by atoms with van der Waals surface area (Å²) >= 11 is 4.87. The van der Waals surface area contributed by atoms with Crippen LogP contribution >= 0.6 is 12.2 Å². The molecule has 0 aliphatic carbocycles. The quantitative estimate of drug-likeness (QED) is 0.429. The van der Waals surface area contributed by atoms with Crippen molar-refractivity contribution in [2.24, 2.45) is 5.92 Å². The molecule has 50 valence electrons. The van der Waals surface area contributed by atoms with Gasteiger partial charge < -0.3 is 0 Å². The van der Waals surface area contributed by atoms with Crippen LogP contribution in [0.15, 0.2) is 24.8 Å². The lowest BCUT2D eigenvalue weighted by atomic mass is 10.2. The van der Waals surface area contributed by atoms with Gasteiger partial charge in [-0.3, -0.25) is 0 Å². The van der Waals surface area contributed by atoms with E-state index >= 15 is 0 Å². The van der Waals surface area contributed by atoms with E-state index in [1.165, 1.54) is 0 Å². The van der Waals surface area contributed by atoms with Crippen LogP contribution < -0.4 is 0 Å².